The molecule has 6 heteroatoms. The molecule has 0 aliphatic carbocycles. The van der Waals surface area contributed by atoms with Crippen LogP contribution in [-0.2, 0) is 9.53 Å². The molecule has 0 aliphatic rings. The van der Waals surface area contributed by atoms with E-state index in [0.717, 1.165) is 5.56 Å². The molecule has 0 radical (unpaired) electrons. The van der Waals surface area contributed by atoms with Crippen LogP contribution in [0.3, 0.4) is 0 Å². The first-order chi connectivity index (χ1) is 11.6. The number of rotatable bonds is 5. The summed E-state index contributed by atoms with van der Waals surface area (Å²) in [6.45, 7) is 2.01. The molecular weight excluding hydrogens is 326 g/mol. The zero-order valence-electron chi connectivity index (χ0n) is 13.1. The van der Waals surface area contributed by atoms with Gasteiger partial charge in [0.25, 0.3) is 5.56 Å². The molecule has 0 aliphatic heterocycles. The second-order valence-corrected chi connectivity index (χ2v) is 6.16. The van der Waals surface area contributed by atoms with Gasteiger partial charge in [0.05, 0.1) is 24.1 Å². The third kappa shape index (κ3) is 3.05. The minimum Gasteiger partial charge on any atom is -0.507 e. The van der Waals surface area contributed by atoms with Gasteiger partial charge in [-0.05, 0) is 41.4 Å². The van der Waals surface area contributed by atoms with E-state index in [1.165, 1.54) is 11.3 Å². The van der Waals surface area contributed by atoms with Crippen molar-refractivity contribution in [3.8, 4) is 5.75 Å². The van der Waals surface area contributed by atoms with E-state index in [-0.39, 0.29) is 24.3 Å². The standard InChI is InChI=1S/C18H17NO4S/c1-2-23-15(20)9-13(11-7-8-24-10-11)16-17(21)12-5-3-4-6-14(12)19-18(16)22/h3-8,10,13H,2,9H2,1H3,(H2,19,21,22)/t13-/m1/s1. The number of pyridine rings is 1. The van der Waals surface area contributed by atoms with Crippen LogP contribution in [0, 0.1) is 0 Å². The Morgan fingerprint density at radius 3 is 2.83 bits per heavy atom. The lowest BCUT2D eigenvalue weighted by atomic mass is 9.89. The van der Waals surface area contributed by atoms with Gasteiger partial charge >= 0.3 is 5.97 Å². The Morgan fingerprint density at radius 1 is 1.33 bits per heavy atom. The second-order valence-electron chi connectivity index (χ2n) is 5.38. The molecule has 5 nitrogen and oxygen atoms in total. The monoisotopic (exact) mass is 343 g/mol. The van der Waals surface area contributed by atoms with Gasteiger partial charge in [0.15, 0.2) is 0 Å². The molecule has 0 saturated carbocycles. The predicted octanol–water partition coefficient (Wildman–Crippen LogP) is 3.38. The van der Waals surface area contributed by atoms with Gasteiger partial charge in [-0.3, -0.25) is 9.59 Å². The van der Waals surface area contributed by atoms with Crippen LogP contribution < -0.4 is 5.56 Å². The molecule has 0 saturated heterocycles. The average molecular weight is 343 g/mol. The van der Waals surface area contributed by atoms with Crippen LogP contribution in [0.5, 0.6) is 5.75 Å². The lowest BCUT2D eigenvalue weighted by Crippen LogP contribution is -2.20. The van der Waals surface area contributed by atoms with Gasteiger partial charge in [-0.15, -0.1) is 0 Å². The molecule has 1 aromatic carbocycles. The molecule has 0 fully saturated rings. The number of ether oxygens (including phenoxy) is 1. The number of aromatic hydroxyl groups is 1. The highest BCUT2D eigenvalue weighted by Gasteiger charge is 2.26. The van der Waals surface area contributed by atoms with Crippen LogP contribution in [0.15, 0.2) is 45.9 Å². The third-order valence-corrected chi connectivity index (χ3v) is 4.60. The number of esters is 1. The quantitative estimate of drug-likeness (QED) is 0.696. The van der Waals surface area contributed by atoms with E-state index in [2.05, 4.69) is 4.98 Å². The number of thiophene rings is 1. The fraction of sp³-hybridized carbons (Fsp3) is 0.222. The highest BCUT2D eigenvalue weighted by Crippen LogP contribution is 2.36. The third-order valence-electron chi connectivity index (χ3n) is 3.90. The number of benzene rings is 1. The van der Waals surface area contributed by atoms with Crippen LogP contribution in [0.25, 0.3) is 10.9 Å². The normalized spacial score (nSPS) is 12.2. The van der Waals surface area contributed by atoms with Crippen molar-refractivity contribution in [2.24, 2.45) is 0 Å². The topological polar surface area (TPSA) is 79.4 Å². The number of hydrogen-bond donors (Lipinski definition) is 2. The first kappa shape index (κ1) is 16.3. The number of H-pyrrole nitrogens is 1. The Labute approximate surface area is 142 Å². The molecular formula is C18H17NO4S. The van der Waals surface area contributed by atoms with Crippen molar-refractivity contribution < 1.29 is 14.6 Å². The summed E-state index contributed by atoms with van der Waals surface area (Å²) >= 11 is 1.47. The fourth-order valence-corrected chi connectivity index (χ4v) is 3.52. The molecule has 0 amide bonds. The SMILES string of the molecule is CCOC(=O)C[C@H](c1ccsc1)c1c(O)c2ccccc2[nH]c1=O. The van der Waals surface area contributed by atoms with Crippen molar-refractivity contribution in [2.75, 3.05) is 6.61 Å². The molecule has 1 atom stereocenters. The van der Waals surface area contributed by atoms with Crippen molar-refractivity contribution in [3.63, 3.8) is 0 Å². The number of nitrogens with one attached hydrogen (secondary N) is 1. The number of hydrogen-bond acceptors (Lipinski definition) is 5. The summed E-state index contributed by atoms with van der Waals surface area (Å²) < 4.78 is 5.03. The molecule has 24 heavy (non-hydrogen) atoms. The number of carbonyl (C=O) groups is 1. The van der Waals surface area contributed by atoms with E-state index >= 15 is 0 Å². The minimum atomic E-state index is -0.552. The van der Waals surface area contributed by atoms with Gasteiger partial charge in [0.1, 0.15) is 5.75 Å². The predicted molar refractivity (Wildman–Crippen MR) is 93.6 cm³/mol. The van der Waals surface area contributed by atoms with E-state index in [1.807, 2.05) is 16.8 Å². The zero-order valence-corrected chi connectivity index (χ0v) is 13.9. The first-order valence-electron chi connectivity index (χ1n) is 7.63. The molecule has 0 bridgehead atoms. The number of fused-ring (bicyclic) bond motifs is 1. The maximum atomic E-state index is 12.6. The number of aromatic nitrogens is 1. The van der Waals surface area contributed by atoms with Crippen molar-refractivity contribution in [2.45, 2.75) is 19.3 Å². The summed E-state index contributed by atoms with van der Waals surface area (Å²) in [5.41, 5.74) is 1.17. The minimum absolute atomic E-state index is 0.000443. The fourth-order valence-electron chi connectivity index (χ4n) is 2.81. The van der Waals surface area contributed by atoms with Gasteiger partial charge in [-0.2, -0.15) is 11.3 Å². The van der Waals surface area contributed by atoms with Gasteiger partial charge in [0, 0.05) is 11.3 Å². The zero-order chi connectivity index (χ0) is 17.1. The Kier molecular flexibility index (Phi) is 4.66. The summed E-state index contributed by atoms with van der Waals surface area (Å²) in [6.07, 6.45) is -0.000443. The summed E-state index contributed by atoms with van der Waals surface area (Å²) in [6, 6.07) is 8.88. The Hall–Kier alpha value is -2.60. The number of aromatic amines is 1. The largest absolute Gasteiger partial charge is 0.507 e. The molecule has 0 spiro atoms. The van der Waals surface area contributed by atoms with E-state index < -0.39 is 17.4 Å². The number of para-hydroxylation sites is 1. The van der Waals surface area contributed by atoms with Crippen LogP contribution in [0.1, 0.15) is 30.4 Å². The van der Waals surface area contributed by atoms with E-state index in [9.17, 15) is 14.7 Å². The lowest BCUT2D eigenvalue weighted by Gasteiger charge is -2.17. The molecule has 3 aromatic rings. The van der Waals surface area contributed by atoms with Gasteiger partial charge in [-0.25, -0.2) is 0 Å². The van der Waals surface area contributed by atoms with Crippen LogP contribution >= 0.6 is 11.3 Å². The summed E-state index contributed by atoms with van der Waals surface area (Å²) in [5, 5.41) is 15.0. The summed E-state index contributed by atoms with van der Waals surface area (Å²) in [5.74, 6) is -1.04. The van der Waals surface area contributed by atoms with Crippen LogP contribution in [0.2, 0.25) is 0 Å². The van der Waals surface area contributed by atoms with Crippen molar-refractivity contribution in [1.29, 1.82) is 0 Å². The second kappa shape index (κ2) is 6.88. The molecule has 0 unspecified atom stereocenters. The molecule has 2 aromatic heterocycles. The van der Waals surface area contributed by atoms with Crippen LogP contribution in [-0.4, -0.2) is 22.7 Å². The van der Waals surface area contributed by atoms with Gasteiger partial charge < -0.3 is 14.8 Å². The van der Waals surface area contributed by atoms with Crippen molar-refractivity contribution >= 4 is 28.2 Å². The maximum Gasteiger partial charge on any atom is 0.306 e. The molecule has 124 valence electrons. The Morgan fingerprint density at radius 2 is 2.12 bits per heavy atom. The highest BCUT2D eigenvalue weighted by molar-refractivity contribution is 7.08. The molecule has 2 N–H and O–H groups in total. The lowest BCUT2D eigenvalue weighted by molar-refractivity contribution is -0.143. The summed E-state index contributed by atoms with van der Waals surface area (Å²) in [4.78, 5) is 27.3. The van der Waals surface area contributed by atoms with E-state index in [4.69, 9.17) is 4.74 Å². The molecule has 3 rings (SSSR count). The average Bonchev–Trinajstić information content (AvgIpc) is 3.08. The van der Waals surface area contributed by atoms with Crippen LogP contribution in [0.4, 0.5) is 0 Å². The highest BCUT2D eigenvalue weighted by atomic mass is 32.1. The van der Waals surface area contributed by atoms with Gasteiger partial charge in [0.2, 0.25) is 0 Å². The Bertz CT molecular complexity index is 914. The Balaban J connectivity index is 2.16. The first-order valence-corrected chi connectivity index (χ1v) is 8.57. The van der Waals surface area contributed by atoms with E-state index in [1.54, 1.807) is 31.2 Å². The number of carbonyl (C=O) groups excluding carboxylic acids is 1. The summed E-state index contributed by atoms with van der Waals surface area (Å²) in [7, 11) is 0. The smallest absolute Gasteiger partial charge is 0.306 e. The maximum absolute atomic E-state index is 12.6. The van der Waals surface area contributed by atoms with Crippen molar-refractivity contribution in [1.82, 2.24) is 4.98 Å². The van der Waals surface area contributed by atoms with Gasteiger partial charge in [-0.1, -0.05) is 12.1 Å². The molecule has 2 heterocycles. The van der Waals surface area contributed by atoms with Crippen molar-refractivity contribution in [3.05, 3.63) is 62.6 Å². The van der Waals surface area contributed by atoms with E-state index in [0.29, 0.717) is 10.9 Å².